The van der Waals surface area contributed by atoms with Crippen molar-refractivity contribution < 1.29 is 9.53 Å². The summed E-state index contributed by atoms with van der Waals surface area (Å²) in [6.45, 7) is 0. The molecule has 0 spiro atoms. The lowest BCUT2D eigenvalue weighted by molar-refractivity contribution is 0.0594. The van der Waals surface area contributed by atoms with E-state index < -0.39 is 5.97 Å². The minimum atomic E-state index is -0.441. The van der Waals surface area contributed by atoms with Gasteiger partial charge in [0.15, 0.2) is 11.3 Å². The summed E-state index contributed by atoms with van der Waals surface area (Å²) in [5.41, 5.74) is 0.915. The van der Waals surface area contributed by atoms with Crippen LogP contribution in [0.4, 0.5) is 0 Å². The van der Waals surface area contributed by atoms with Crippen LogP contribution in [-0.2, 0) is 4.74 Å². The fourth-order valence-corrected chi connectivity index (χ4v) is 1.03. The van der Waals surface area contributed by atoms with Crippen LogP contribution in [0, 0.1) is 0 Å². The van der Waals surface area contributed by atoms with E-state index in [4.69, 9.17) is 0 Å². The van der Waals surface area contributed by atoms with Crippen molar-refractivity contribution in [3.8, 4) is 0 Å². The smallest absolute Gasteiger partial charge is 0.356 e. The number of fused-ring (bicyclic) bond motifs is 1. The van der Waals surface area contributed by atoms with Crippen LogP contribution in [0.25, 0.3) is 5.65 Å². The van der Waals surface area contributed by atoms with Crippen LogP contribution >= 0.6 is 0 Å². The maximum Gasteiger partial charge on any atom is 0.356 e. The van der Waals surface area contributed by atoms with Gasteiger partial charge >= 0.3 is 5.97 Å². The molecular weight excluding hydrogens is 170 g/mol. The molecule has 0 aliphatic heterocycles. The van der Waals surface area contributed by atoms with Crippen LogP contribution in [0.1, 0.15) is 10.5 Å². The summed E-state index contributed by atoms with van der Waals surface area (Å²) in [5.74, 6) is -0.441. The van der Waals surface area contributed by atoms with Gasteiger partial charge in [0.25, 0.3) is 0 Å². The molecule has 5 heteroatoms. The molecule has 0 saturated heterocycles. The zero-order valence-electron chi connectivity index (χ0n) is 6.97. The van der Waals surface area contributed by atoms with Crippen molar-refractivity contribution in [1.82, 2.24) is 14.6 Å². The lowest BCUT2D eigenvalue weighted by Gasteiger charge is -1.97. The second kappa shape index (κ2) is 2.85. The summed E-state index contributed by atoms with van der Waals surface area (Å²) in [7, 11) is 1.32. The first kappa shape index (κ1) is 7.72. The Labute approximate surface area is 74.0 Å². The molecule has 0 unspecified atom stereocenters. The van der Waals surface area contributed by atoms with Crippen molar-refractivity contribution in [3.05, 3.63) is 30.2 Å². The second-order valence-electron chi connectivity index (χ2n) is 2.44. The number of ether oxygens (including phenoxy) is 1. The maximum absolute atomic E-state index is 11.1. The van der Waals surface area contributed by atoms with E-state index in [1.54, 1.807) is 29.0 Å². The molecule has 0 radical (unpaired) electrons. The highest BCUT2D eigenvalue weighted by molar-refractivity contribution is 5.87. The van der Waals surface area contributed by atoms with Crippen LogP contribution in [0.3, 0.4) is 0 Å². The van der Waals surface area contributed by atoms with Crippen molar-refractivity contribution in [2.75, 3.05) is 7.11 Å². The maximum atomic E-state index is 11.1. The van der Waals surface area contributed by atoms with Gasteiger partial charge in [-0.2, -0.15) is 5.10 Å². The Balaban J connectivity index is 2.54. The molecule has 0 saturated carbocycles. The number of nitrogens with zero attached hydrogens (tertiary/aromatic N) is 3. The molecule has 0 aliphatic rings. The van der Waals surface area contributed by atoms with Crippen LogP contribution in [0.15, 0.2) is 24.5 Å². The first-order chi connectivity index (χ1) is 6.31. The van der Waals surface area contributed by atoms with Crippen molar-refractivity contribution in [2.24, 2.45) is 0 Å². The van der Waals surface area contributed by atoms with Gasteiger partial charge in [-0.15, -0.1) is 0 Å². The van der Waals surface area contributed by atoms with Gasteiger partial charge < -0.3 is 4.74 Å². The van der Waals surface area contributed by atoms with E-state index in [0.717, 1.165) is 0 Å². The van der Waals surface area contributed by atoms with Gasteiger partial charge in [0, 0.05) is 12.3 Å². The molecule has 0 aromatic carbocycles. The van der Waals surface area contributed by atoms with Crippen molar-refractivity contribution >= 4 is 11.6 Å². The minimum absolute atomic E-state index is 0.288. The average Bonchev–Trinajstić information content (AvgIpc) is 2.63. The molecule has 0 atom stereocenters. The Bertz CT molecular complexity index is 449. The Morgan fingerprint density at radius 2 is 2.38 bits per heavy atom. The van der Waals surface area contributed by atoms with E-state index in [0.29, 0.717) is 5.65 Å². The topological polar surface area (TPSA) is 56.5 Å². The van der Waals surface area contributed by atoms with Crippen LogP contribution in [0.2, 0.25) is 0 Å². The molecule has 2 heterocycles. The number of carbonyl (C=O) groups excluding carboxylic acids is 1. The molecule has 13 heavy (non-hydrogen) atoms. The second-order valence-corrected chi connectivity index (χ2v) is 2.44. The zero-order valence-corrected chi connectivity index (χ0v) is 6.97. The molecule has 0 fully saturated rings. The third-order valence-corrected chi connectivity index (χ3v) is 1.65. The number of methoxy groups -OCH3 is 1. The third-order valence-electron chi connectivity index (χ3n) is 1.65. The lowest BCUT2D eigenvalue weighted by Crippen LogP contribution is -2.05. The van der Waals surface area contributed by atoms with Crippen LogP contribution in [0.5, 0.6) is 0 Å². The van der Waals surface area contributed by atoms with Gasteiger partial charge in [-0.25, -0.2) is 14.3 Å². The van der Waals surface area contributed by atoms with Crippen molar-refractivity contribution in [2.45, 2.75) is 0 Å². The largest absolute Gasteiger partial charge is 0.464 e. The Morgan fingerprint density at radius 1 is 1.54 bits per heavy atom. The fourth-order valence-electron chi connectivity index (χ4n) is 1.03. The number of aromatic nitrogens is 3. The van der Waals surface area contributed by atoms with Gasteiger partial charge in [-0.05, 0) is 6.07 Å². The summed E-state index contributed by atoms with van der Waals surface area (Å²) in [4.78, 5) is 15.1. The SMILES string of the molecule is COC(=O)c1ccn2nccc2n1. The zero-order chi connectivity index (χ0) is 9.26. The quantitative estimate of drug-likeness (QED) is 0.596. The summed E-state index contributed by atoms with van der Waals surface area (Å²) in [6, 6.07) is 3.28. The van der Waals surface area contributed by atoms with Crippen molar-refractivity contribution in [1.29, 1.82) is 0 Å². The van der Waals surface area contributed by atoms with Crippen LogP contribution < -0.4 is 0 Å². The van der Waals surface area contributed by atoms with Gasteiger partial charge in [0.05, 0.1) is 13.3 Å². The lowest BCUT2D eigenvalue weighted by atomic mass is 10.4. The Kier molecular flexibility index (Phi) is 1.70. The van der Waals surface area contributed by atoms with E-state index in [-0.39, 0.29) is 5.69 Å². The molecule has 0 N–H and O–H groups in total. The summed E-state index contributed by atoms with van der Waals surface area (Å²) < 4.78 is 6.11. The molecule has 5 nitrogen and oxygen atoms in total. The number of esters is 1. The number of rotatable bonds is 1. The number of hydrogen-bond donors (Lipinski definition) is 0. The molecule has 2 rings (SSSR count). The van der Waals surface area contributed by atoms with E-state index in [2.05, 4.69) is 14.8 Å². The highest BCUT2D eigenvalue weighted by atomic mass is 16.5. The summed E-state index contributed by atoms with van der Waals surface area (Å²) >= 11 is 0. The highest BCUT2D eigenvalue weighted by Crippen LogP contribution is 2.01. The van der Waals surface area contributed by atoms with Gasteiger partial charge in [0.1, 0.15) is 0 Å². The molecule has 2 aromatic heterocycles. The van der Waals surface area contributed by atoms with Crippen molar-refractivity contribution in [3.63, 3.8) is 0 Å². The summed E-state index contributed by atoms with van der Waals surface area (Å²) in [6.07, 6.45) is 3.28. The van der Waals surface area contributed by atoms with E-state index in [1.165, 1.54) is 7.11 Å². The van der Waals surface area contributed by atoms with E-state index in [1.807, 2.05) is 0 Å². The molecule has 0 aliphatic carbocycles. The monoisotopic (exact) mass is 177 g/mol. The first-order valence-electron chi connectivity index (χ1n) is 3.70. The van der Waals surface area contributed by atoms with Gasteiger partial charge in [-0.1, -0.05) is 0 Å². The van der Waals surface area contributed by atoms with Gasteiger partial charge in [0.2, 0.25) is 0 Å². The molecule has 66 valence electrons. The predicted molar refractivity (Wildman–Crippen MR) is 44.3 cm³/mol. The van der Waals surface area contributed by atoms with E-state index >= 15 is 0 Å². The first-order valence-corrected chi connectivity index (χ1v) is 3.70. The van der Waals surface area contributed by atoms with Gasteiger partial charge in [-0.3, -0.25) is 0 Å². The molecule has 0 amide bonds. The number of carbonyl (C=O) groups is 1. The summed E-state index contributed by atoms with van der Waals surface area (Å²) in [5, 5.41) is 3.95. The molecule has 0 bridgehead atoms. The normalized spacial score (nSPS) is 10.2. The highest BCUT2D eigenvalue weighted by Gasteiger charge is 2.07. The Morgan fingerprint density at radius 3 is 3.15 bits per heavy atom. The van der Waals surface area contributed by atoms with E-state index in [9.17, 15) is 4.79 Å². The number of hydrogen-bond acceptors (Lipinski definition) is 4. The molecule has 2 aromatic rings. The minimum Gasteiger partial charge on any atom is -0.464 e. The van der Waals surface area contributed by atoms with Crippen LogP contribution in [-0.4, -0.2) is 27.7 Å². The Hall–Kier alpha value is -1.91. The molecular formula is C8H7N3O2. The predicted octanol–water partition coefficient (Wildman–Crippen LogP) is 0.516. The fraction of sp³-hybridized carbons (Fsp3) is 0.125. The third kappa shape index (κ3) is 1.24. The average molecular weight is 177 g/mol. The standard InChI is InChI=1S/C8H7N3O2/c1-13-8(12)6-3-5-11-7(10-6)2-4-9-11/h2-5H,1H3.